The fourth-order valence-electron chi connectivity index (χ4n) is 2.46. The Bertz CT molecular complexity index is 376. The Morgan fingerprint density at radius 2 is 2.22 bits per heavy atom. The van der Waals surface area contributed by atoms with Gasteiger partial charge in [0.05, 0.1) is 12.5 Å². The zero-order chi connectivity index (χ0) is 13.1. The number of hydrogen-bond donors (Lipinski definition) is 1. The lowest BCUT2D eigenvalue weighted by atomic mass is 9.96. The van der Waals surface area contributed by atoms with Crippen molar-refractivity contribution < 1.29 is 9.63 Å². The molecule has 1 aliphatic rings. The van der Waals surface area contributed by atoms with Gasteiger partial charge in [-0.1, -0.05) is 5.16 Å². The summed E-state index contributed by atoms with van der Waals surface area (Å²) in [5.74, 6) is 1.71. The maximum absolute atomic E-state index is 9.30. The van der Waals surface area contributed by atoms with E-state index in [0.717, 1.165) is 25.3 Å². The van der Waals surface area contributed by atoms with E-state index in [-0.39, 0.29) is 0 Å². The van der Waals surface area contributed by atoms with Crippen molar-refractivity contribution in [3.05, 3.63) is 11.7 Å². The van der Waals surface area contributed by atoms with Crippen LogP contribution in [0.5, 0.6) is 0 Å². The van der Waals surface area contributed by atoms with Crippen molar-refractivity contribution in [3.63, 3.8) is 0 Å². The molecule has 1 aliphatic heterocycles. The van der Waals surface area contributed by atoms with Crippen LogP contribution in [0.4, 0.5) is 0 Å². The molecule has 102 valence electrons. The van der Waals surface area contributed by atoms with Gasteiger partial charge in [-0.05, 0) is 40.2 Å². The summed E-state index contributed by atoms with van der Waals surface area (Å²) in [6.07, 6.45) is 2.31. The number of likely N-dealkylation sites (tertiary alicyclic amines) is 1. The minimum atomic E-state index is -0.434. The number of piperidine rings is 1. The van der Waals surface area contributed by atoms with Gasteiger partial charge in [0.2, 0.25) is 5.89 Å². The van der Waals surface area contributed by atoms with Crippen LogP contribution in [0.3, 0.4) is 0 Å². The average molecular weight is 253 g/mol. The predicted molar refractivity (Wildman–Crippen MR) is 68.4 cm³/mol. The van der Waals surface area contributed by atoms with Crippen molar-refractivity contribution in [3.8, 4) is 0 Å². The average Bonchev–Trinajstić information content (AvgIpc) is 2.77. The van der Waals surface area contributed by atoms with Gasteiger partial charge in [-0.25, -0.2) is 0 Å². The summed E-state index contributed by atoms with van der Waals surface area (Å²) in [5.41, 5.74) is 0. The lowest BCUT2D eigenvalue weighted by Crippen LogP contribution is -2.39. The summed E-state index contributed by atoms with van der Waals surface area (Å²) >= 11 is 0. The molecule has 0 spiro atoms. The summed E-state index contributed by atoms with van der Waals surface area (Å²) in [6, 6.07) is 0.566. The second-order valence-electron chi connectivity index (χ2n) is 5.53. The highest BCUT2D eigenvalue weighted by molar-refractivity contribution is 4.99. The third kappa shape index (κ3) is 3.29. The number of nitrogens with zero attached hydrogens (tertiary/aromatic N) is 3. The van der Waals surface area contributed by atoms with Crippen LogP contribution in [-0.4, -0.2) is 45.4 Å². The van der Waals surface area contributed by atoms with E-state index in [4.69, 9.17) is 4.52 Å². The van der Waals surface area contributed by atoms with E-state index in [2.05, 4.69) is 28.9 Å². The molecule has 0 radical (unpaired) electrons. The maximum Gasteiger partial charge on any atom is 0.229 e. The molecule has 1 saturated heterocycles. The molecule has 2 unspecified atom stereocenters. The Morgan fingerprint density at radius 3 is 2.89 bits per heavy atom. The monoisotopic (exact) mass is 253 g/mol. The number of hydrogen-bond acceptors (Lipinski definition) is 5. The highest BCUT2D eigenvalue weighted by Crippen LogP contribution is 2.26. The molecule has 0 amide bonds. The van der Waals surface area contributed by atoms with Gasteiger partial charge in [-0.2, -0.15) is 4.98 Å². The first-order valence-corrected chi connectivity index (χ1v) is 6.81. The van der Waals surface area contributed by atoms with Gasteiger partial charge in [0.25, 0.3) is 0 Å². The van der Waals surface area contributed by atoms with Crippen LogP contribution < -0.4 is 0 Å². The molecule has 1 N–H and O–H groups in total. The zero-order valence-electron chi connectivity index (χ0n) is 11.5. The first-order chi connectivity index (χ1) is 8.56. The first kappa shape index (κ1) is 13.5. The molecule has 18 heavy (non-hydrogen) atoms. The van der Waals surface area contributed by atoms with Crippen molar-refractivity contribution in [2.75, 3.05) is 13.1 Å². The Morgan fingerprint density at radius 1 is 1.44 bits per heavy atom. The molecule has 1 aromatic rings. The molecule has 0 bridgehead atoms. The van der Waals surface area contributed by atoms with E-state index >= 15 is 0 Å². The quantitative estimate of drug-likeness (QED) is 0.882. The summed E-state index contributed by atoms with van der Waals surface area (Å²) < 4.78 is 5.18. The third-order valence-corrected chi connectivity index (χ3v) is 3.50. The number of rotatable bonds is 4. The van der Waals surface area contributed by atoms with Crippen molar-refractivity contribution >= 4 is 0 Å². The first-order valence-electron chi connectivity index (χ1n) is 6.81. The van der Waals surface area contributed by atoms with Crippen LogP contribution >= 0.6 is 0 Å². The number of aliphatic hydroxyl groups is 1. The van der Waals surface area contributed by atoms with Crippen LogP contribution in [-0.2, 0) is 6.42 Å². The van der Waals surface area contributed by atoms with Gasteiger partial charge in [-0.3, -0.25) is 0 Å². The van der Waals surface area contributed by atoms with E-state index in [1.807, 2.05) is 0 Å². The summed E-state index contributed by atoms with van der Waals surface area (Å²) in [7, 11) is 0. The minimum absolute atomic E-state index is 0.368. The van der Waals surface area contributed by atoms with Crippen LogP contribution in [0.25, 0.3) is 0 Å². The molecule has 0 aliphatic carbocycles. The minimum Gasteiger partial charge on any atom is -0.393 e. The smallest absolute Gasteiger partial charge is 0.229 e. The van der Waals surface area contributed by atoms with Gasteiger partial charge in [0.15, 0.2) is 5.82 Å². The van der Waals surface area contributed by atoms with Crippen LogP contribution in [0.2, 0.25) is 0 Å². The summed E-state index contributed by atoms with van der Waals surface area (Å²) in [5, 5.41) is 13.4. The van der Waals surface area contributed by atoms with E-state index in [0.29, 0.717) is 24.3 Å². The van der Waals surface area contributed by atoms with Gasteiger partial charge in [0, 0.05) is 18.5 Å². The second kappa shape index (κ2) is 5.80. The molecule has 1 aromatic heterocycles. The molecule has 0 saturated carbocycles. The largest absolute Gasteiger partial charge is 0.393 e. The molecule has 2 heterocycles. The highest BCUT2D eigenvalue weighted by atomic mass is 16.5. The van der Waals surface area contributed by atoms with Crippen molar-refractivity contribution in [1.82, 2.24) is 15.0 Å². The van der Waals surface area contributed by atoms with Gasteiger partial charge in [0.1, 0.15) is 0 Å². The van der Waals surface area contributed by atoms with Crippen molar-refractivity contribution in [2.45, 2.75) is 58.1 Å². The zero-order valence-corrected chi connectivity index (χ0v) is 11.5. The molecule has 0 aromatic carbocycles. The van der Waals surface area contributed by atoms with Crippen molar-refractivity contribution in [1.29, 1.82) is 0 Å². The lowest BCUT2D eigenvalue weighted by molar-refractivity contribution is 0.163. The SMILES string of the molecule is CC(O)Cc1nc(C2CCCN(C(C)C)C2)no1. The lowest BCUT2D eigenvalue weighted by Gasteiger charge is -2.34. The van der Waals surface area contributed by atoms with Crippen LogP contribution in [0, 0.1) is 0 Å². The number of aliphatic hydroxyl groups excluding tert-OH is 1. The van der Waals surface area contributed by atoms with E-state index < -0.39 is 6.10 Å². The predicted octanol–water partition coefficient (Wildman–Crippen LogP) is 1.58. The molecular formula is C13H23N3O2. The summed E-state index contributed by atoms with van der Waals surface area (Å²) in [4.78, 5) is 6.86. The highest BCUT2D eigenvalue weighted by Gasteiger charge is 2.26. The molecular weight excluding hydrogens is 230 g/mol. The maximum atomic E-state index is 9.30. The van der Waals surface area contributed by atoms with E-state index in [9.17, 15) is 5.11 Å². The summed E-state index contributed by atoms with van der Waals surface area (Å²) in [6.45, 7) is 8.33. The van der Waals surface area contributed by atoms with E-state index in [1.54, 1.807) is 6.92 Å². The van der Waals surface area contributed by atoms with E-state index in [1.165, 1.54) is 6.42 Å². The molecule has 5 nitrogen and oxygen atoms in total. The van der Waals surface area contributed by atoms with Crippen molar-refractivity contribution in [2.24, 2.45) is 0 Å². The Balaban J connectivity index is 2.00. The van der Waals surface area contributed by atoms with Gasteiger partial charge < -0.3 is 14.5 Å². The Labute approximate surface area is 108 Å². The second-order valence-corrected chi connectivity index (χ2v) is 5.53. The molecule has 5 heteroatoms. The van der Waals surface area contributed by atoms with Crippen LogP contribution in [0.15, 0.2) is 4.52 Å². The fraction of sp³-hybridized carbons (Fsp3) is 0.846. The standard InChI is InChI=1S/C13H23N3O2/c1-9(2)16-6-4-5-11(8-16)13-14-12(18-15-13)7-10(3)17/h9-11,17H,4-8H2,1-3H3. The normalized spacial score (nSPS) is 23.5. The Kier molecular flexibility index (Phi) is 4.35. The third-order valence-electron chi connectivity index (χ3n) is 3.50. The Hall–Kier alpha value is -0.940. The topological polar surface area (TPSA) is 62.4 Å². The number of aromatic nitrogens is 2. The molecule has 2 atom stereocenters. The fourth-order valence-corrected chi connectivity index (χ4v) is 2.46. The molecule has 1 fully saturated rings. The van der Waals surface area contributed by atoms with Gasteiger partial charge in [-0.15, -0.1) is 0 Å². The molecule has 2 rings (SSSR count). The van der Waals surface area contributed by atoms with Gasteiger partial charge >= 0.3 is 0 Å². The van der Waals surface area contributed by atoms with Crippen LogP contribution in [0.1, 0.15) is 51.2 Å².